The molecule has 3 nitrogen and oxygen atoms in total. The van der Waals surface area contributed by atoms with E-state index in [2.05, 4.69) is 6.92 Å². The van der Waals surface area contributed by atoms with Crippen molar-refractivity contribution in [1.82, 2.24) is 0 Å². The molecular formula is C19H27ClO3. The molecule has 1 N–H and O–H groups in total. The number of benzene rings is 1. The molecule has 128 valence electrons. The van der Waals surface area contributed by atoms with E-state index in [1.807, 2.05) is 0 Å². The van der Waals surface area contributed by atoms with Crippen LogP contribution in [0.4, 0.5) is 0 Å². The summed E-state index contributed by atoms with van der Waals surface area (Å²) in [4.78, 5) is 22.4. The molecule has 0 spiro atoms. The van der Waals surface area contributed by atoms with Crippen LogP contribution in [-0.2, 0) is 6.42 Å². The van der Waals surface area contributed by atoms with E-state index in [1.54, 1.807) is 12.1 Å². The number of carbonyl (C=O) groups is 2. The molecule has 0 unspecified atom stereocenters. The van der Waals surface area contributed by atoms with Gasteiger partial charge in [0.25, 0.3) is 5.24 Å². The maximum atomic E-state index is 11.2. The van der Waals surface area contributed by atoms with Gasteiger partial charge in [-0.25, -0.2) is 4.79 Å². The lowest BCUT2D eigenvalue weighted by atomic mass is 10.00. The Morgan fingerprint density at radius 1 is 0.913 bits per heavy atom. The van der Waals surface area contributed by atoms with Crippen molar-refractivity contribution in [3.63, 3.8) is 0 Å². The second kappa shape index (κ2) is 11.2. The van der Waals surface area contributed by atoms with E-state index in [1.165, 1.54) is 51.0 Å². The molecule has 4 heteroatoms. The second-order valence-electron chi connectivity index (χ2n) is 6.04. The molecule has 0 saturated carbocycles. The Morgan fingerprint density at radius 3 is 2.00 bits per heavy atom. The molecule has 0 radical (unpaired) electrons. The first-order valence-electron chi connectivity index (χ1n) is 8.62. The minimum absolute atomic E-state index is 0.00146. The molecule has 0 bridgehead atoms. The highest BCUT2D eigenvalue weighted by Crippen LogP contribution is 2.17. The van der Waals surface area contributed by atoms with Gasteiger partial charge < -0.3 is 5.11 Å². The third kappa shape index (κ3) is 7.65. The Kier molecular flexibility index (Phi) is 9.61. The van der Waals surface area contributed by atoms with Gasteiger partial charge in [0.15, 0.2) is 0 Å². The number of aryl methyl sites for hydroxylation is 1. The zero-order chi connectivity index (χ0) is 17.1. The van der Waals surface area contributed by atoms with Gasteiger partial charge in [0.1, 0.15) is 0 Å². The normalized spacial score (nSPS) is 10.7. The lowest BCUT2D eigenvalue weighted by Gasteiger charge is -2.06. The molecule has 1 rings (SSSR count). The van der Waals surface area contributed by atoms with Gasteiger partial charge in [-0.3, -0.25) is 4.79 Å². The first-order chi connectivity index (χ1) is 11.1. The first-order valence-corrected chi connectivity index (χ1v) is 9.00. The van der Waals surface area contributed by atoms with Crippen molar-refractivity contribution in [2.75, 3.05) is 0 Å². The minimum Gasteiger partial charge on any atom is -0.478 e. The molecule has 0 atom stereocenters. The predicted molar refractivity (Wildman–Crippen MR) is 94.5 cm³/mol. The SMILES string of the molecule is CCCCCCCCCCCc1ccc(C(=O)Cl)c(C(=O)O)c1. The summed E-state index contributed by atoms with van der Waals surface area (Å²) < 4.78 is 0. The molecule has 0 aliphatic carbocycles. The number of halogens is 1. The number of hydrogen-bond acceptors (Lipinski definition) is 2. The van der Waals surface area contributed by atoms with Crippen LogP contribution in [0.5, 0.6) is 0 Å². The summed E-state index contributed by atoms with van der Waals surface area (Å²) >= 11 is 5.41. The summed E-state index contributed by atoms with van der Waals surface area (Å²) in [5, 5.41) is 8.43. The largest absolute Gasteiger partial charge is 0.478 e. The van der Waals surface area contributed by atoms with E-state index in [0.717, 1.165) is 24.8 Å². The molecule has 0 fully saturated rings. The number of unbranched alkanes of at least 4 members (excludes halogenated alkanes) is 8. The van der Waals surface area contributed by atoms with Crippen LogP contribution in [-0.4, -0.2) is 16.3 Å². The highest BCUT2D eigenvalue weighted by molar-refractivity contribution is 6.68. The number of rotatable bonds is 12. The van der Waals surface area contributed by atoms with Crippen LogP contribution >= 0.6 is 11.6 Å². The molecule has 0 heterocycles. The highest BCUT2D eigenvalue weighted by atomic mass is 35.5. The number of carboxylic acids is 1. The van der Waals surface area contributed by atoms with Gasteiger partial charge in [-0.1, -0.05) is 64.4 Å². The smallest absolute Gasteiger partial charge is 0.336 e. The van der Waals surface area contributed by atoms with Crippen LogP contribution in [0, 0.1) is 0 Å². The molecule has 1 aromatic rings. The van der Waals surface area contributed by atoms with E-state index in [0.29, 0.717) is 0 Å². The lowest BCUT2D eigenvalue weighted by Crippen LogP contribution is -2.06. The molecule has 0 aliphatic heterocycles. The molecule has 0 aromatic heterocycles. The summed E-state index contributed by atoms with van der Waals surface area (Å²) in [6.45, 7) is 2.23. The van der Waals surface area contributed by atoms with Crippen molar-refractivity contribution >= 4 is 22.8 Å². The average Bonchev–Trinajstić information content (AvgIpc) is 2.53. The van der Waals surface area contributed by atoms with Gasteiger partial charge >= 0.3 is 5.97 Å². The summed E-state index contributed by atoms with van der Waals surface area (Å²) in [5.74, 6) is -1.11. The van der Waals surface area contributed by atoms with Crippen molar-refractivity contribution in [2.45, 2.75) is 71.1 Å². The van der Waals surface area contributed by atoms with Gasteiger partial charge in [0, 0.05) is 5.56 Å². The number of aromatic carboxylic acids is 1. The van der Waals surface area contributed by atoms with Crippen molar-refractivity contribution in [2.24, 2.45) is 0 Å². The van der Waals surface area contributed by atoms with Gasteiger partial charge in [-0.2, -0.15) is 0 Å². The molecule has 0 amide bonds. The zero-order valence-corrected chi connectivity index (χ0v) is 14.7. The molecule has 0 saturated heterocycles. The molecule has 0 aliphatic rings. The monoisotopic (exact) mass is 338 g/mol. The molecule has 1 aromatic carbocycles. The first kappa shape index (κ1) is 19.7. The standard InChI is InChI=1S/C19H27ClO3/c1-2-3-4-5-6-7-8-9-10-11-15-12-13-16(18(20)21)17(14-15)19(22)23/h12-14H,2-11H2,1H3,(H,22,23). The van der Waals surface area contributed by atoms with E-state index >= 15 is 0 Å². The Bertz CT molecular complexity index is 511. The third-order valence-electron chi connectivity index (χ3n) is 4.10. The quantitative estimate of drug-likeness (QED) is 0.385. The zero-order valence-electron chi connectivity index (χ0n) is 13.9. The Balaban J connectivity index is 2.31. The van der Waals surface area contributed by atoms with Gasteiger partial charge in [0.05, 0.1) is 5.56 Å². The summed E-state index contributed by atoms with van der Waals surface area (Å²) in [7, 11) is 0. The Hall–Kier alpha value is -1.35. The fourth-order valence-electron chi connectivity index (χ4n) is 2.74. The number of hydrogen-bond donors (Lipinski definition) is 1. The van der Waals surface area contributed by atoms with Gasteiger partial charge in [-0.15, -0.1) is 0 Å². The Morgan fingerprint density at radius 2 is 1.48 bits per heavy atom. The van der Waals surface area contributed by atoms with E-state index in [9.17, 15) is 9.59 Å². The van der Waals surface area contributed by atoms with Crippen molar-refractivity contribution in [3.05, 3.63) is 34.9 Å². The molecule has 23 heavy (non-hydrogen) atoms. The van der Waals surface area contributed by atoms with Crippen molar-refractivity contribution in [1.29, 1.82) is 0 Å². The van der Waals surface area contributed by atoms with Crippen molar-refractivity contribution in [3.8, 4) is 0 Å². The van der Waals surface area contributed by atoms with Crippen LogP contribution in [0.2, 0.25) is 0 Å². The maximum Gasteiger partial charge on any atom is 0.336 e. The van der Waals surface area contributed by atoms with Gasteiger partial charge in [-0.05, 0) is 42.1 Å². The third-order valence-corrected chi connectivity index (χ3v) is 4.30. The number of carboxylic acid groups (broad SMARTS) is 1. The summed E-state index contributed by atoms with van der Waals surface area (Å²) in [5.41, 5.74) is 1.01. The van der Waals surface area contributed by atoms with Crippen LogP contribution in [0.1, 0.15) is 91.0 Å². The van der Waals surface area contributed by atoms with Crippen molar-refractivity contribution < 1.29 is 14.7 Å². The van der Waals surface area contributed by atoms with E-state index < -0.39 is 11.2 Å². The fraction of sp³-hybridized carbons (Fsp3) is 0.579. The highest BCUT2D eigenvalue weighted by Gasteiger charge is 2.15. The van der Waals surface area contributed by atoms with Crippen LogP contribution < -0.4 is 0 Å². The number of carbonyl (C=O) groups excluding carboxylic acids is 1. The maximum absolute atomic E-state index is 11.2. The molecular weight excluding hydrogens is 312 g/mol. The van der Waals surface area contributed by atoms with E-state index in [-0.39, 0.29) is 11.1 Å². The van der Waals surface area contributed by atoms with Crippen LogP contribution in [0.25, 0.3) is 0 Å². The van der Waals surface area contributed by atoms with Gasteiger partial charge in [0.2, 0.25) is 0 Å². The lowest BCUT2D eigenvalue weighted by molar-refractivity contribution is 0.0693. The predicted octanol–water partition coefficient (Wildman–Crippen LogP) is 5.84. The van der Waals surface area contributed by atoms with Crippen LogP contribution in [0.15, 0.2) is 18.2 Å². The summed E-state index contributed by atoms with van der Waals surface area (Å²) in [6.07, 6.45) is 12.2. The van der Waals surface area contributed by atoms with E-state index in [4.69, 9.17) is 16.7 Å². The topological polar surface area (TPSA) is 54.4 Å². The Labute approximate surface area is 144 Å². The average molecular weight is 339 g/mol. The minimum atomic E-state index is -1.11. The van der Waals surface area contributed by atoms with Crippen LogP contribution in [0.3, 0.4) is 0 Å². The summed E-state index contributed by atoms with van der Waals surface area (Å²) in [6, 6.07) is 4.89. The fourth-order valence-corrected chi connectivity index (χ4v) is 2.90. The second-order valence-corrected chi connectivity index (χ2v) is 6.38.